The number of rotatable bonds is 5. The fourth-order valence-electron chi connectivity index (χ4n) is 0.742. The molecular formula is C13H15F. The second kappa shape index (κ2) is 5.92. The van der Waals surface area contributed by atoms with Crippen LogP contribution in [0.2, 0.25) is 0 Å². The van der Waals surface area contributed by atoms with Gasteiger partial charge in [0.25, 0.3) is 0 Å². The van der Waals surface area contributed by atoms with Crippen LogP contribution in [0.5, 0.6) is 0 Å². The maximum absolute atomic E-state index is 13.3. The lowest BCUT2D eigenvalue weighted by atomic mass is 10.1. The Labute approximate surface area is 85.1 Å². The summed E-state index contributed by atoms with van der Waals surface area (Å²) < 4.78 is 13.3. The molecule has 0 N–H and O–H groups in total. The van der Waals surface area contributed by atoms with Crippen LogP contribution >= 0.6 is 0 Å². The van der Waals surface area contributed by atoms with Crippen molar-refractivity contribution in [1.29, 1.82) is 0 Å². The van der Waals surface area contributed by atoms with Crippen molar-refractivity contribution < 1.29 is 4.39 Å². The van der Waals surface area contributed by atoms with Crippen molar-refractivity contribution in [3.63, 3.8) is 0 Å². The number of hydrogen-bond acceptors (Lipinski definition) is 0. The molecule has 0 aromatic carbocycles. The van der Waals surface area contributed by atoms with Gasteiger partial charge in [0.2, 0.25) is 0 Å². The molecule has 0 bridgehead atoms. The molecule has 0 saturated carbocycles. The lowest BCUT2D eigenvalue weighted by Gasteiger charge is -2.01. The Morgan fingerprint density at radius 2 is 1.79 bits per heavy atom. The molecule has 0 unspecified atom stereocenters. The van der Waals surface area contributed by atoms with Crippen LogP contribution in [0.25, 0.3) is 0 Å². The van der Waals surface area contributed by atoms with E-state index in [9.17, 15) is 4.39 Å². The SMILES string of the molecule is C=C/C=C\C(=C)C(=C)/C(F)=C\C(=C)C. The third kappa shape index (κ3) is 4.41. The molecule has 0 heterocycles. The minimum atomic E-state index is -0.406. The first-order valence-electron chi connectivity index (χ1n) is 4.19. The van der Waals surface area contributed by atoms with Crippen molar-refractivity contribution in [3.05, 3.63) is 73.2 Å². The van der Waals surface area contributed by atoms with Crippen LogP contribution < -0.4 is 0 Å². The molecule has 0 amide bonds. The van der Waals surface area contributed by atoms with Gasteiger partial charge in [-0.1, -0.05) is 50.1 Å². The van der Waals surface area contributed by atoms with Crippen molar-refractivity contribution in [2.75, 3.05) is 0 Å². The van der Waals surface area contributed by atoms with Gasteiger partial charge in [0.1, 0.15) is 5.83 Å². The molecule has 0 aromatic rings. The second-order valence-corrected chi connectivity index (χ2v) is 2.94. The Morgan fingerprint density at radius 1 is 1.21 bits per heavy atom. The van der Waals surface area contributed by atoms with Gasteiger partial charge in [0.15, 0.2) is 0 Å². The monoisotopic (exact) mass is 190 g/mol. The summed E-state index contributed by atoms with van der Waals surface area (Å²) in [5.41, 5.74) is 1.44. The quantitative estimate of drug-likeness (QED) is 0.568. The Balaban J connectivity index is 4.63. The summed E-state index contributed by atoms with van der Waals surface area (Å²) in [7, 11) is 0. The molecule has 0 aliphatic carbocycles. The molecule has 14 heavy (non-hydrogen) atoms. The summed E-state index contributed by atoms with van der Waals surface area (Å²) in [5, 5.41) is 0. The topological polar surface area (TPSA) is 0 Å². The highest BCUT2D eigenvalue weighted by Crippen LogP contribution is 2.19. The van der Waals surface area contributed by atoms with Gasteiger partial charge >= 0.3 is 0 Å². The standard InChI is InChI=1S/C13H15F/c1-6-7-8-11(4)12(5)13(14)9-10(2)3/h6-9H,1-2,4-5H2,3H3/b8-7-,13-9+. The average Bonchev–Trinajstić information content (AvgIpc) is 2.11. The van der Waals surface area contributed by atoms with E-state index in [1.54, 1.807) is 25.2 Å². The van der Waals surface area contributed by atoms with E-state index in [2.05, 4.69) is 26.3 Å². The minimum absolute atomic E-state index is 0.270. The number of halogens is 1. The Morgan fingerprint density at radius 3 is 2.21 bits per heavy atom. The van der Waals surface area contributed by atoms with Crippen LogP contribution in [0, 0.1) is 0 Å². The minimum Gasteiger partial charge on any atom is -0.206 e. The van der Waals surface area contributed by atoms with Crippen LogP contribution in [0.3, 0.4) is 0 Å². The van der Waals surface area contributed by atoms with Crippen LogP contribution in [0.4, 0.5) is 4.39 Å². The normalized spacial score (nSPS) is 11.4. The molecule has 0 rings (SSSR count). The predicted molar refractivity (Wildman–Crippen MR) is 61.6 cm³/mol. The van der Waals surface area contributed by atoms with Gasteiger partial charge in [-0.25, -0.2) is 4.39 Å². The van der Waals surface area contributed by atoms with E-state index in [-0.39, 0.29) is 5.57 Å². The van der Waals surface area contributed by atoms with Crippen molar-refractivity contribution in [1.82, 2.24) is 0 Å². The maximum Gasteiger partial charge on any atom is 0.130 e. The zero-order chi connectivity index (χ0) is 11.1. The van der Waals surface area contributed by atoms with E-state index in [0.717, 1.165) is 0 Å². The largest absolute Gasteiger partial charge is 0.206 e. The molecule has 0 aliphatic heterocycles. The molecule has 0 aliphatic rings. The summed E-state index contributed by atoms with van der Waals surface area (Å²) in [4.78, 5) is 0. The third-order valence-corrected chi connectivity index (χ3v) is 1.48. The number of hydrogen-bond donors (Lipinski definition) is 0. The van der Waals surface area contributed by atoms with Gasteiger partial charge in [0.05, 0.1) is 0 Å². The molecule has 0 nitrogen and oxygen atoms in total. The average molecular weight is 190 g/mol. The van der Waals surface area contributed by atoms with Crippen molar-refractivity contribution in [2.24, 2.45) is 0 Å². The predicted octanol–water partition coefficient (Wildman–Crippen LogP) is 4.27. The molecular weight excluding hydrogens is 175 g/mol. The summed E-state index contributed by atoms with van der Waals surface area (Å²) in [5.74, 6) is -0.406. The van der Waals surface area contributed by atoms with E-state index in [1.165, 1.54) is 6.08 Å². The second-order valence-electron chi connectivity index (χ2n) is 2.94. The molecule has 0 spiro atoms. The Kier molecular flexibility index (Phi) is 5.23. The van der Waals surface area contributed by atoms with Crippen molar-refractivity contribution in [2.45, 2.75) is 6.92 Å². The van der Waals surface area contributed by atoms with Crippen LogP contribution in [-0.2, 0) is 0 Å². The fraction of sp³-hybridized carbons (Fsp3) is 0.0769. The smallest absolute Gasteiger partial charge is 0.130 e. The Bertz CT molecular complexity index is 327. The Hall–Kier alpha value is -1.63. The van der Waals surface area contributed by atoms with Crippen LogP contribution in [0.15, 0.2) is 73.2 Å². The number of allylic oxidation sites excluding steroid dienone is 8. The summed E-state index contributed by atoms with van der Waals surface area (Å²) >= 11 is 0. The van der Waals surface area contributed by atoms with E-state index in [0.29, 0.717) is 11.1 Å². The summed E-state index contributed by atoms with van der Waals surface area (Å²) in [6, 6.07) is 0. The fourth-order valence-corrected chi connectivity index (χ4v) is 0.742. The van der Waals surface area contributed by atoms with Crippen molar-refractivity contribution >= 4 is 0 Å². The van der Waals surface area contributed by atoms with E-state index in [4.69, 9.17) is 0 Å². The zero-order valence-corrected chi connectivity index (χ0v) is 8.52. The van der Waals surface area contributed by atoms with Gasteiger partial charge in [-0.05, 0) is 18.6 Å². The molecule has 0 atom stereocenters. The lowest BCUT2D eigenvalue weighted by molar-refractivity contribution is 0.655. The molecule has 0 aromatic heterocycles. The van der Waals surface area contributed by atoms with Crippen LogP contribution in [0.1, 0.15) is 6.92 Å². The maximum atomic E-state index is 13.3. The van der Waals surface area contributed by atoms with E-state index in [1.807, 2.05) is 0 Å². The highest BCUT2D eigenvalue weighted by Gasteiger charge is 2.02. The first kappa shape index (κ1) is 12.4. The molecule has 74 valence electrons. The zero-order valence-electron chi connectivity index (χ0n) is 8.52. The van der Waals surface area contributed by atoms with Gasteiger partial charge in [0, 0.05) is 5.57 Å². The molecule has 0 fully saturated rings. The first-order valence-corrected chi connectivity index (χ1v) is 4.19. The molecule has 0 saturated heterocycles. The molecule has 1 heteroatoms. The van der Waals surface area contributed by atoms with Gasteiger partial charge in [-0.15, -0.1) is 0 Å². The van der Waals surface area contributed by atoms with Gasteiger partial charge < -0.3 is 0 Å². The van der Waals surface area contributed by atoms with Crippen molar-refractivity contribution in [3.8, 4) is 0 Å². The van der Waals surface area contributed by atoms with E-state index < -0.39 is 5.83 Å². The lowest BCUT2D eigenvalue weighted by Crippen LogP contribution is -1.84. The van der Waals surface area contributed by atoms with Crippen LogP contribution in [-0.4, -0.2) is 0 Å². The highest BCUT2D eigenvalue weighted by atomic mass is 19.1. The summed E-state index contributed by atoms with van der Waals surface area (Å²) in [6.45, 7) is 16.1. The summed E-state index contributed by atoms with van der Waals surface area (Å²) in [6.07, 6.45) is 6.26. The van der Waals surface area contributed by atoms with Gasteiger partial charge in [-0.2, -0.15) is 0 Å². The van der Waals surface area contributed by atoms with Gasteiger partial charge in [-0.3, -0.25) is 0 Å². The highest BCUT2D eigenvalue weighted by molar-refractivity contribution is 5.47. The molecule has 0 radical (unpaired) electrons. The van der Waals surface area contributed by atoms with E-state index >= 15 is 0 Å². The first-order chi connectivity index (χ1) is 6.49. The third-order valence-electron chi connectivity index (χ3n) is 1.48.